The molecule has 0 bridgehead atoms. The lowest BCUT2D eigenvalue weighted by molar-refractivity contribution is 0.249. The predicted octanol–water partition coefficient (Wildman–Crippen LogP) is 2.34. The molecular weight excluding hydrogens is 184 g/mol. The molecule has 0 aliphatic carbocycles. The molecule has 90 valence electrons. The first kappa shape index (κ1) is 13.0. The highest BCUT2D eigenvalue weighted by molar-refractivity contribution is 4.77. The van der Waals surface area contributed by atoms with Gasteiger partial charge in [0, 0.05) is 13.1 Å². The molecule has 0 amide bonds. The average Bonchev–Trinajstić information content (AvgIpc) is 2.64. The zero-order chi connectivity index (χ0) is 11.3. The molecule has 2 heteroatoms. The summed E-state index contributed by atoms with van der Waals surface area (Å²) in [6.45, 7) is 11.6. The first-order valence-corrected chi connectivity index (χ1v) is 6.58. The van der Waals surface area contributed by atoms with Crippen molar-refractivity contribution in [3.05, 3.63) is 0 Å². The van der Waals surface area contributed by atoms with Gasteiger partial charge >= 0.3 is 0 Å². The van der Waals surface area contributed by atoms with Crippen molar-refractivity contribution in [3.63, 3.8) is 0 Å². The molecule has 0 aromatic rings. The highest BCUT2D eigenvalue weighted by Crippen LogP contribution is 2.21. The largest absolute Gasteiger partial charge is 0.330 e. The topological polar surface area (TPSA) is 29.3 Å². The lowest BCUT2D eigenvalue weighted by Crippen LogP contribution is -2.32. The van der Waals surface area contributed by atoms with Crippen molar-refractivity contribution in [2.24, 2.45) is 23.5 Å². The lowest BCUT2D eigenvalue weighted by atomic mass is 9.97. The fourth-order valence-electron chi connectivity index (χ4n) is 2.69. The second kappa shape index (κ2) is 6.49. The molecule has 0 radical (unpaired) electrons. The highest BCUT2D eigenvalue weighted by Gasteiger charge is 2.23. The number of likely N-dealkylation sites (tertiary alicyclic amines) is 1. The second-order valence-corrected chi connectivity index (χ2v) is 5.55. The van der Waals surface area contributed by atoms with Crippen LogP contribution in [0.4, 0.5) is 0 Å². The van der Waals surface area contributed by atoms with Crippen LogP contribution >= 0.6 is 0 Å². The van der Waals surface area contributed by atoms with Crippen LogP contribution in [0.25, 0.3) is 0 Å². The molecule has 15 heavy (non-hydrogen) atoms. The van der Waals surface area contributed by atoms with Gasteiger partial charge in [0.2, 0.25) is 0 Å². The van der Waals surface area contributed by atoms with Gasteiger partial charge in [-0.2, -0.15) is 0 Å². The smallest absolute Gasteiger partial charge is 0.00219 e. The van der Waals surface area contributed by atoms with Crippen molar-refractivity contribution >= 4 is 0 Å². The van der Waals surface area contributed by atoms with E-state index in [1.807, 2.05) is 0 Å². The van der Waals surface area contributed by atoms with Gasteiger partial charge in [-0.25, -0.2) is 0 Å². The third kappa shape index (κ3) is 4.52. The number of hydrogen-bond acceptors (Lipinski definition) is 2. The zero-order valence-electron chi connectivity index (χ0n) is 10.7. The zero-order valence-corrected chi connectivity index (χ0v) is 10.7. The van der Waals surface area contributed by atoms with Gasteiger partial charge in [0.25, 0.3) is 0 Å². The fourth-order valence-corrected chi connectivity index (χ4v) is 2.69. The summed E-state index contributed by atoms with van der Waals surface area (Å²) in [6, 6.07) is 0. The monoisotopic (exact) mass is 212 g/mol. The van der Waals surface area contributed by atoms with Gasteiger partial charge in [-0.1, -0.05) is 27.2 Å². The van der Waals surface area contributed by atoms with Gasteiger partial charge in [-0.05, 0) is 43.7 Å². The maximum absolute atomic E-state index is 5.84. The maximum Gasteiger partial charge on any atom is 0.00219 e. The SMILES string of the molecule is CCC1CCN(CC(CN)CC(C)C)C1. The van der Waals surface area contributed by atoms with Gasteiger partial charge in [-0.15, -0.1) is 0 Å². The number of rotatable bonds is 6. The van der Waals surface area contributed by atoms with Gasteiger partial charge in [-0.3, -0.25) is 0 Å². The summed E-state index contributed by atoms with van der Waals surface area (Å²) in [5, 5.41) is 0. The van der Waals surface area contributed by atoms with Crippen LogP contribution < -0.4 is 5.73 Å². The molecule has 1 aliphatic rings. The fraction of sp³-hybridized carbons (Fsp3) is 1.00. The van der Waals surface area contributed by atoms with Crippen molar-refractivity contribution in [1.29, 1.82) is 0 Å². The van der Waals surface area contributed by atoms with E-state index in [0.29, 0.717) is 5.92 Å². The van der Waals surface area contributed by atoms with Crippen LogP contribution in [0.1, 0.15) is 40.0 Å². The molecule has 1 saturated heterocycles. The van der Waals surface area contributed by atoms with E-state index < -0.39 is 0 Å². The molecular formula is C13H28N2. The Morgan fingerprint density at radius 1 is 1.40 bits per heavy atom. The van der Waals surface area contributed by atoms with E-state index in [-0.39, 0.29) is 0 Å². The molecule has 2 N–H and O–H groups in total. The third-order valence-electron chi connectivity index (χ3n) is 3.60. The molecule has 0 saturated carbocycles. The third-order valence-corrected chi connectivity index (χ3v) is 3.60. The Labute approximate surface area is 95.2 Å². The Hall–Kier alpha value is -0.0800. The van der Waals surface area contributed by atoms with Crippen molar-refractivity contribution in [2.75, 3.05) is 26.2 Å². The van der Waals surface area contributed by atoms with E-state index in [0.717, 1.165) is 18.4 Å². The van der Waals surface area contributed by atoms with Crippen molar-refractivity contribution in [1.82, 2.24) is 4.90 Å². The summed E-state index contributed by atoms with van der Waals surface area (Å²) in [6.07, 6.45) is 4.02. The lowest BCUT2D eigenvalue weighted by Gasteiger charge is -2.24. The summed E-state index contributed by atoms with van der Waals surface area (Å²) in [5.41, 5.74) is 5.84. The minimum Gasteiger partial charge on any atom is -0.330 e. The predicted molar refractivity (Wildman–Crippen MR) is 66.8 cm³/mol. The molecule has 1 aliphatic heterocycles. The normalized spacial score (nSPS) is 25.0. The average molecular weight is 212 g/mol. The van der Waals surface area contributed by atoms with Gasteiger partial charge in [0.15, 0.2) is 0 Å². The highest BCUT2D eigenvalue weighted by atomic mass is 15.1. The Morgan fingerprint density at radius 2 is 2.13 bits per heavy atom. The molecule has 2 atom stereocenters. The van der Waals surface area contributed by atoms with Crippen LogP contribution in [0.2, 0.25) is 0 Å². The summed E-state index contributed by atoms with van der Waals surface area (Å²) in [4.78, 5) is 2.62. The van der Waals surface area contributed by atoms with Gasteiger partial charge < -0.3 is 10.6 Å². The van der Waals surface area contributed by atoms with Crippen LogP contribution in [0.15, 0.2) is 0 Å². The summed E-state index contributed by atoms with van der Waals surface area (Å²) in [5.74, 6) is 2.44. The number of nitrogens with zero attached hydrogens (tertiary/aromatic N) is 1. The minimum atomic E-state index is 0.709. The summed E-state index contributed by atoms with van der Waals surface area (Å²) >= 11 is 0. The molecule has 1 fully saturated rings. The molecule has 1 heterocycles. The Bertz CT molecular complexity index is 168. The first-order valence-electron chi connectivity index (χ1n) is 6.58. The van der Waals surface area contributed by atoms with E-state index in [1.54, 1.807) is 0 Å². The number of hydrogen-bond donors (Lipinski definition) is 1. The van der Waals surface area contributed by atoms with E-state index >= 15 is 0 Å². The molecule has 2 nitrogen and oxygen atoms in total. The molecule has 2 unspecified atom stereocenters. The standard InChI is InChI=1S/C13H28N2/c1-4-12-5-6-15(9-12)10-13(8-14)7-11(2)3/h11-13H,4-10,14H2,1-3H3. The molecule has 0 aromatic heterocycles. The first-order chi connectivity index (χ1) is 7.15. The van der Waals surface area contributed by atoms with E-state index in [1.165, 1.54) is 38.9 Å². The second-order valence-electron chi connectivity index (χ2n) is 5.55. The minimum absolute atomic E-state index is 0.709. The maximum atomic E-state index is 5.84. The van der Waals surface area contributed by atoms with Crippen LogP contribution in [0, 0.1) is 17.8 Å². The van der Waals surface area contributed by atoms with Crippen LogP contribution in [-0.4, -0.2) is 31.1 Å². The number of nitrogens with two attached hydrogens (primary N) is 1. The summed E-state index contributed by atoms with van der Waals surface area (Å²) < 4.78 is 0. The van der Waals surface area contributed by atoms with Crippen molar-refractivity contribution < 1.29 is 0 Å². The van der Waals surface area contributed by atoms with E-state index in [4.69, 9.17) is 5.73 Å². The summed E-state index contributed by atoms with van der Waals surface area (Å²) in [7, 11) is 0. The van der Waals surface area contributed by atoms with Crippen molar-refractivity contribution in [3.8, 4) is 0 Å². The van der Waals surface area contributed by atoms with Crippen LogP contribution in [0.5, 0.6) is 0 Å². The Kier molecular flexibility index (Phi) is 5.62. The van der Waals surface area contributed by atoms with E-state index in [9.17, 15) is 0 Å². The van der Waals surface area contributed by atoms with E-state index in [2.05, 4.69) is 25.7 Å². The Morgan fingerprint density at radius 3 is 2.60 bits per heavy atom. The molecule has 0 aromatic carbocycles. The molecule has 1 rings (SSSR count). The van der Waals surface area contributed by atoms with Crippen LogP contribution in [0.3, 0.4) is 0 Å². The van der Waals surface area contributed by atoms with Gasteiger partial charge in [0.05, 0.1) is 0 Å². The Balaban J connectivity index is 2.27. The molecule has 0 spiro atoms. The van der Waals surface area contributed by atoms with Crippen molar-refractivity contribution in [2.45, 2.75) is 40.0 Å². The quantitative estimate of drug-likeness (QED) is 0.732. The van der Waals surface area contributed by atoms with Gasteiger partial charge in [0.1, 0.15) is 0 Å². The van der Waals surface area contributed by atoms with Crippen LogP contribution in [-0.2, 0) is 0 Å².